The Kier molecular flexibility index (Phi) is 4.59. The molecule has 3 atom stereocenters. The minimum atomic E-state index is -0.825. The van der Waals surface area contributed by atoms with Crippen LogP contribution in [-0.2, 0) is 18.9 Å². The van der Waals surface area contributed by atoms with Crippen LogP contribution in [0.5, 0.6) is 0 Å². The molecule has 0 radical (unpaired) electrons. The molecule has 0 aromatic heterocycles. The van der Waals surface area contributed by atoms with Gasteiger partial charge in [0.05, 0.1) is 24.3 Å². The SMILES string of the molecule is CC1(C)O[C@H]2[C@H](CCC#N)OC[C@@]2(COC(=O)c2ccccc2)O1. The first-order valence-electron chi connectivity index (χ1n) is 8.04. The van der Waals surface area contributed by atoms with Crippen molar-refractivity contribution in [2.45, 2.75) is 50.3 Å². The molecule has 2 aliphatic heterocycles. The fourth-order valence-electron chi connectivity index (χ4n) is 3.29. The van der Waals surface area contributed by atoms with Gasteiger partial charge in [-0.1, -0.05) is 18.2 Å². The number of nitriles is 1. The molecule has 0 N–H and O–H groups in total. The van der Waals surface area contributed by atoms with Gasteiger partial charge in [-0.15, -0.1) is 0 Å². The van der Waals surface area contributed by atoms with Gasteiger partial charge in [-0.25, -0.2) is 4.79 Å². The molecule has 0 saturated carbocycles. The molecule has 0 unspecified atom stereocenters. The molecule has 2 fully saturated rings. The van der Waals surface area contributed by atoms with Crippen molar-refractivity contribution in [3.8, 4) is 6.07 Å². The molecule has 2 heterocycles. The molecular weight excluding hydrogens is 310 g/mol. The zero-order chi connectivity index (χ0) is 17.2. The topological polar surface area (TPSA) is 77.8 Å². The summed E-state index contributed by atoms with van der Waals surface area (Å²) in [6.07, 6.45) is 0.353. The van der Waals surface area contributed by atoms with Crippen molar-refractivity contribution in [2.24, 2.45) is 0 Å². The van der Waals surface area contributed by atoms with Gasteiger partial charge in [0.1, 0.15) is 12.7 Å². The van der Waals surface area contributed by atoms with E-state index in [9.17, 15) is 4.79 Å². The van der Waals surface area contributed by atoms with Crippen molar-refractivity contribution in [3.05, 3.63) is 35.9 Å². The first-order chi connectivity index (χ1) is 11.5. The Bertz CT molecular complexity index is 639. The maximum absolute atomic E-state index is 12.2. The van der Waals surface area contributed by atoms with Gasteiger partial charge >= 0.3 is 5.97 Å². The predicted octanol–water partition coefficient (Wildman–Crippen LogP) is 2.44. The Morgan fingerprint density at radius 2 is 2.12 bits per heavy atom. The Labute approximate surface area is 141 Å². The van der Waals surface area contributed by atoms with Gasteiger partial charge in [-0.05, 0) is 32.4 Å². The van der Waals surface area contributed by atoms with E-state index in [1.165, 1.54) is 0 Å². The number of hydrogen-bond donors (Lipinski definition) is 0. The minimum Gasteiger partial charge on any atom is -0.459 e. The number of hydrogen-bond acceptors (Lipinski definition) is 6. The highest BCUT2D eigenvalue weighted by Gasteiger charge is 2.61. The van der Waals surface area contributed by atoms with Gasteiger partial charge in [0.25, 0.3) is 0 Å². The first kappa shape index (κ1) is 16.9. The average molecular weight is 331 g/mol. The highest BCUT2D eigenvalue weighted by molar-refractivity contribution is 5.89. The number of benzene rings is 1. The molecule has 128 valence electrons. The Balaban J connectivity index is 1.70. The van der Waals surface area contributed by atoms with Crippen LogP contribution in [0, 0.1) is 11.3 Å². The van der Waals surface area contributed by atoms with Crippen LogP contribution in [-0.4, -0.2) is 42.8 Å². The smallest absolute Gasteiger partial charge is 0.338 e. The van der Waals surface area contributed by atoms with Crippen molar-refractivity contribution < 1.29 is 23.7 Å². The quantitative estimate of drug-likeness (QED) is 0.771. The van der Waals surface area contributed by atoms with Crippen LogP contribution in [0.2, 0.25) is 0 Å². The van der Waals surface area contributed by atoms with Crippen LogP contribution >= 0.6 is 0 Å². The molecule has 0 spiro atoms. The van der Waals surface area contributed by atoms with E-state index in [1.54, 1.807) is 24.3 Å². The number of ether oxygens (including phenoxy) is 4. The molecule has 0 bridgehead atoms. The second-order valence-corrected chi connectivity index (χ2v) is 6.59. The summed E-state index contributed by atoms with van der Waals surface area (Å²) >= 11 is 0. The molecule has 6 nitrogen and oxygen atoms in total. The molecule has 0 amide bonds. The van der Waals surface area contributed by atoms with E-state index in [0.717, 1.165) is 0 Å². The highest BCUT2D eigenvalue weighted by Crippen LogP contribution is 2.44. The van der Waals surface area contributed by atoms with E-state index in [0.29, 0.717) is 18.4 Å². The Hall–Kier alpha value is -1.94. The number of esters is 1. The second-order valence-electron chi connectivity index (χ2n) is 6.59. The van der Waals surface area contributed by atoms with Gasteiger partial charge in [0.15, 0.2) is 11.4 Å². The third kappa shape index (κ3) is 3.29. The molecule has 2 saturated heterocycles. The Morgan fingerprint density at radius 3 is 2.83 bits per heavy atom. The second kappa shape index (κ2) is 6.52. The fraction of sp³-hybridized carbons (Fsp3) is 0.556. The molecule has 2 aliphatic rings. The van der Waals surface area contributed by atoms with E-state index < -0.39 is 17.4 Å². The third-order valence-electron chi connectivity index (χ3n) is 4.26. The van der Waals surface area contributed by atoms with Crippen LogP contribution in [0.1, 0.15) is 37.0 Å². The van der Waals surface area contributed by atoms with Crippen LogP contribution in [0.25, 0.3) is 0 Å². The van der Waals surface area contributed by atoms with Crippen molar-refractivity contribution in [1.29, 1.82) is 5.26 Å². The van der Waals surface area contributed by atoms with Crippen LogP contribution in [0.3, 0.4) is 0 Å². The number of carbonyl (C=O) groups is 1. The summed E-state index contributed by atoms with van der Waals surface area (Å²) in [5, 5.41) is 8.79. The zero-order valence-corrected chi connectivity index (χ0v) is 13.9. The van der Waals surface area contributed by atoms with Crippen molar-refractivity contribution >= 4 is 5.97 Å². The summed E-state index contributed by atoms with van der Waals surface area (Å²) in [7, 11) is 0. The molecule has 3 rings (SSSR count). The van der Waals surface area contributed by atoms with Gasteiger partial charge in [0.2, 0.25) is 0 Å². The molecule has 24 heavy (non-hydrogen) atoms. The van der Waals surface area contributed by atoms with Gasteiger partial charge in [-0.3, -0.25) is 0 Å². The summed E-state index contributed by atoms with van der Waals surface area (Å²) in [5.74, 6) is -1.18. The van der Waals surface area contributed by atoms with E-state index >= 15 is 0 Å². The number of rotatable bonds is 5. The number of carbonyl (C=O) groups excluding carboxylic acids is 1. The summed E-state index contributed by atoms with van der Waals surface area (Å²) in [4.78, 5) is 12.2. The maximum atomic E-state index is 12.2. The zero-order valence-electron chi connectivity index (χ0n) is 13.9. The Morgan fingerprint density at radius 1 is 1.38 bits per heavy atom. The first-order valence-corrected chi connectivity index (χ1v) is 8.04. The van der Waals surface area contributed by atoms with E-state index in [2.05, 4.69) is 6.07 Å². The largest absolute Gasteiger partial charge is 0.459 e. The summed E-state index contributed by atoms with van der Waals surface area (Å²) in [6.45, 7) is 3.98. The van der Waals surface area contributed by atoms with Crippen LogP contribution < -0.4 is 0 Å². The highest BCUT2D eigenvalue weighted by atomic mass is 16.8. The summed E-state index contributed by atoms with van der Waals surface area (Å²) in [6, 6.07) is 10.9. The van der Waals surface area contributed by atoms with Crippen molar-refractivity contribution in [2.75, 3.05) is 13.2 Å². The lowest BCUT2D eigenvalue weighted by Gasteiger charge is -2.26. The maximum Gasteiger partial charge on any atom is 0.338 e. The standard InChI is InChI=1S/C18H21NO5/c1-17(2)23-15-14(9-6-10-19)21-11-18(15,24-17)12-22-16(20)13-7-4-3-5-8-13/h3-5,7-8,14-15H,6,9,11-12H2,1-2H3/t14-,15-,18-/m0/s1. The average Bonchev–Trinajstić information content (AvgIpc) is 3.02. The number of nitrogens with zero attached hydrogens (tertiary/aromatic N) is 1. The van der Waals surface area contributed by atoms with E-state index in [1.807, 2.05) is 19.9 Å². The summed E-state index contributed by atoms with van der Waals surface area (Å²) < 4.78 is 23.3. The molecule has 6 heteroatoms. The van der Waals surface area contributed by atoms with Crippen molar-refractivity contribution in [1.82, 2.24) is 0 Å². The third-order valence-corrected chi connectivity index (χ3v) is 4.26. The lowest BCUT2D eigenvalue weighted by atomic mass is 9.95. The van der Waals surface area contributed by atoms with E-state index in [4.69, 9.17) is 24.2 Å². The monoisotopic (exact) mass is 331 g/mol. The minimum absolute atomic E-state index is 0.0535. The number of fused-ring (bicyclic) bond motifs is 1. The van der Waals surface area contributed by atoms with Gasteiger partial charge in [-0.2, -0.15) is 5.26 Å². The van der Waals surface area contributed by atoms with Gasteiger partial charge in [0, 0.05) is 6.42 Å². The predicted molar refractivity (Wildman–Crippen MR) is 84.1 cm³/mol. The lowest BCUT2D eigenvalue weighted by molar-refractivity contribution is -0.195. The molecule has 1 aromatic carbocycles. The van der Waals surface area contributed by atoms with Gasteiger partial charge < -0.3 is 18.9 Å². The van der Waals surface area contributed by atoms with Crippen LogP contribution in [0.4, 0.5) is 0 Å². The fourth-order valence-corrected chi connectivity index (χ4v) is 3.29. The molecule has 0 aliphatic carbocycles. The molecule has 1 aromatic rings. The van der Waals surface area contributed by atoms with Crippen molar-refractivity contribution in [3.63, 3.8) is 0 Å². The lowest BCUT2D eigenvalue weighted by Crippen LogP contribution is -2.46. The normalized spacial score (nSPS) is 30.5. The van der Waals surface area contributed by atoms with E-state index in [-0.39, 0.29) is 25.4 Å². The summed E-state index contributed by atoms with van der Waals surface area (Å²) in [5.41, 5.74) is -0.336. The van der Waals surface area contributed by atoms with Crippen LogP contribution in [0.15, 0.2) is 30.3 Å². The molecular formula is C18H21NO5.